The van der Waals surface area contributed by atoms with E-state index in [1.165, 1.54) is 12.1 Å². The third-order valence-electron chi connectivity index (χ3n) is 4.48. The summed E-state index contributed by atoms with van der Waals surface area (Å²) < 4.78 is 23.7. The number of methoxy groups -OCH3 is 1. The summed E-state index contributed by atoms with van der Waals surface area (Å²) in [5.74, 6) is 0.605. The molecular weight excluding hydrogens is 337 g/mol. The van der Waals surface area contributed by atoms with Gasteiger partial charge in [0.05, 0.1) is 25.8 Å². The van der Waals surface area contributed by atoms with E-state index in [1.807, 2.05) is 11.8 Å². The van der Waals surface area contributed by atoms with Gasteiger partial charge in [0, 0.05) is 18.7 Å². The molecule has 2 heterocycles. The van der Waals surface area contributed by atoms with Gasteiger partial charge in [0.25, 0.3) is 0 Å². The lowest BCUT2D eigenvalue weighted by atomic mass is 9.97. The molecule has 7 heteroatoms. The molecule has 0 atom stereocenters. The first-order valence-electron chi connectivity index (χ1n) is 8.71. The third-order valence-corrected chi connectivity index (χ3v) is 4.48. The molecule has 26 heavy (non-hydrogen) atoms. The van der Waals surface area contributed by atoms with Crippen molar-refractivity contribution in [2.45, 2.75) is 19.8 Å². The van der Waals surface area contributed by atoms with E-state index in [0.717, 1.165) is 5.56 Å². The summed E-state index contributed by atoms with van der Waals surface area (Å²) in [5, 5.41) is 0. The molecule has 1 fully saturated rings. The number of nitrogens with zero attached hydrogens (tertiary/aromatic N) is 3. The van der Waals surface area contributed by atoms with Crippen molar-refractivity contribution < 1.29 is 18.7 Å². The Morgan fingerprint density at radius 1 is 1.27 bits per heavy atom. The van der Waals surface area contributed by atoms with Gasteiger partial charge < -0.3 is 14.4 Å². The number of esters is 1. The fourth-order valence-electron chi connectivity index (χ4n) is 3.05. The molecule has 0 bridgehead atoms. The first-order chi connectivity index (χ1) is 12.6. The van der Waals surface area contributed by atoms with Crippen LogP contribution >= 0.6 is 0 Å². The number of halogens is 1. The van der Waals surface area contributed by atoms with Gasteiger partial charge in [-0.2, -0.15) is 0 Å². The third kappa shape index (κ3) is 3.92. The topological polar surface area (TPSA) is 64.5 Å². The maximum atomic E-state index is 13.2. The fourth-order valence-corrected chi connectivity index (χ4v) is 3.05. The van der Waals surface area contributed by atoms with Crippen LogP contribution in [-0.2, 0) is 9.53 Å². The van der Waals surface area contributed by atoms with Crippen molar-refractivity contribution in [2.24, 2.45) is 5.92 Å². The van der Waals surface area contributed by atoms with Gasteiger partial charge >= 0.3 is 5.97 Å². The van der Waals surface area contributed by atoms with Crippen molar-refractivity contribution in [1.82, 2.24) is 9.97 Å². The Balaban J connectivity index is 1.78. The van der Waals surface area contributed by atoms with Crippen molar-refractivity contribution in [3.63, 3.8) is 0 Å². The van der Waals surface area contributed by atoms with Gasteiger partial charge in [-0.25, -0.2) is 14.4 Å². The van der Waals surface area contributed by atoms with E-state index < -0.39 is 0 Å². The molecule has 0 unspecified atom stereocenters. The van der Waals surface area contributed by atoms with Gasteiger partial charge in [0.2, 0.25) is 5.95 Å². The highest BCUT2D eigenvalue weighted by molar-refractivity contribution is 5.73. The zero-order valence-corrected chi connectivity index (χ0v) is 14.9. The number of ether oxygens (including phenoxy) is 2. The van der Waals surface area contributed by atoms with E-state index in [-0.39, 0.29) is 17.7 Å². The van der Waals surface area contributed by atoms with E-state index in [2.05, 4.69) is 9.97 Å². The molecule has 1 aromatic heterocycles. The predicted octanol–water partition coefficient (Wildman–Crippen LogP) is 3.07. The molecule has 1 aliphatic rings. The number of rotatable bonds is 5. The lowest BCUT2D eigenvalue weighted by Crippen LogP contribution is -2.37. The highest BCUT2D eigenvalue weighted by Gasteiger charge is 2.27. The number of aromatic nitrogens is 2. The van der Waals surface area contributed by atoms with Crippen molar-refractivity contribution in [3.05, 3.63) is 36.3 Å². The molecule has 0 saturated carbocycles. The first kappa shape index (κ1) is 18.1. The van der Waals surface area contributed by atoms with Gasteiger partial charge in [-0.1, -0.05) is 0 Å². The van der Waals surface area contributed by atoms with E-state index in [4.69, 9.17) is 9.47 Å². The van der Waals surface area contributed by atoms with Crippen LogP contribution in [0.3, 0.4) is 0 Å². The minimum Gasteiger partial charge on any atom is -0.493 e. The highest BCUT2D eigenvalue weighted by Crippen LogP contribution is 2.30. The average molecular weight is 359 g/mol. The standard InChI is InChI=1S/C19H22FN3O3/c1-3-26-18(24)14-8-10-23(11-9-14)19-21-12-16(25-2)17(22-19)13-4-6-15(20)7-5-13/h4-7,12,14H,3,8-11H2,1-2H3. The summed E-state index contributed by atoms with van der Waals surface area (Å²) in [6, 6.07) is 6.11. The minimum atomic E-state index is -0.303. The highest BCUT2D eigenvalue weighted by atomic mass is 19.1. The number of hydrogen-bond donors (Lipinski definition) is 0. The second-order valence-corrected chi connectivity index (χ2v) is 6.11. The molecule has 0 amide bonds. The number of benzene rings is 1. The van der Waals surface area contributed by atoms with E-state index in [1.54, 1.807) is 25.4 Å². The van der Waals surface area contributed by atoms with Gasteiger partial charge in [-0.3, -0.25) is 4.79 Å². The fraction of sp³-hybridized carbons (Fsp3) is 0.421. The number of carbonyl (C=O) groups is 1. The molecule has 0 N–H and O–H groups in total. The Bertz CT molecular complexity index is 759. The van der Waals surface area contributed by atoms with Crippen LogP contribution in [0.2, 0.25) is 0 Å². The quantitative estimate of drug-likeness (QED) is 0.765. The molecule has 0 aliphatic carbocycles. The van der Waals surface area contributed by atoms with Crippen LogP contribution in [-0.4, -0.2) is 42.7 Å². The zero-order valence-electron chi connectivity index (χ0n) is 14.9. The van der Waals surface area contributed by atoms with Crippen LogP contribution in [0, 0.1) is 11.7 Å². The summed E-state index contributed by atoms with van der Waals surface area (Å²) in [6.07, 6.45) is 3.04. The molecule has 0 spiro atoms. The monoisotopic (exact) mass is 359 g/mol. The maximum Gasteiger partial charge on any atom is 0.309 e. The summed E-state index contributed by atoms with van der Waals surface area (Å²) in [5.41, 5.74) is 1.37. The molecule has 138 valence electrons. The number of carbonyl (C=O) groups excluding carboxylic acids is 1. The van der Waals surface area contributed by atoms with Crippen LogP contribution in [0.15, 0.2) is 30.5 Å². The van der Waals surface area contributed by atoms with Crippen molar-refractivity contribution in [2.75, 3.05) is 31.7 Å². The van der Waals surface area contributed by atoms with E-state index in [0.29, 0.717) is 49.9 Å². The van der Waals surface area contributed by atoms with Gasteiger partial charge in [-0.15, -0.1) is 0 Å². The number of piperidine rings is 1. The van der Waals surface area contributed by atoms with E-state index in [9.17, 15) is 9.18 Å². The molecule has 2 aromatic rings. The summed E-state index contributed by atoms with van der Waals surface area (Å²) in [7, 11) is 1.55. The molecule has 6 nitrogen and oxygen atoms in total. The maximum absolute atomic E-state index is 13.2. The number of hydrogen-bond acceptors (Lipinski definition) is 6. The van der Waals surface area contributed by atoms with Crippen molar-refractivity contribution in [1.29, 1.82) is 0 Å². The Kier molecular flexibility index (Phi) is 5.65. The van der Waals surface area contributed by atoms with Crippen LogP contribution in [0.4, 0.5) is 10.3 Å². The van der Waals surface area contributed by atoms with Gasteiger partial charge in [0.15, 0.2) is 5.75 Å². The van der Waals surface area contributed by atoms with Crippen molar-refractivity contribution >= 4 is 11.9 Å². The minimum absolute atomic E-state index is 0.0685. The predicted molar refractivity (Wildman–Crippen MR) is 95.5 cm³/mol. The largest absolute Gasteiger partial charge is 0.493 e. The molecular formula is C19H22FN3O3. The summed E-state index contributed by atoms with van der Waals surface area (Å²) in [4.78, 5) is 22.9. The van der Waals surface area contributed by atoms with E-state index >= 15 is 0 Å². The summed E-state index contributed by atoms with van der Waals surface area (Å²) >= 11 is 0. The molecule has 1 aromatic carbocycles. The van der Waals surface area contributed by atoms with Crippen molar-refractivity contribution in [3.8, 4) is 17.0 Å². The van der Waals surface area contributed by atoms with Gasteiger partial charge in [0.1, 0.15) is 11.5 Å². The van der Waals surface area contributed by atoms with Crippen LogP contribution < -0.4 is 9.64 Å². The zero-order chi connectivity index (χ0) is 18.5. The first-order valence-corrected chi connectivity index (χ1v) is 8.71. The number of anilines is 1. The smallest absolute Gasteiger partial charge is 0.309 e. The van der Waals surface area contributed by atoms with Crippen LogP contribution in [0.25, 0.3) is 11.3 Å². The van der Waals surface area contributed by atoms with Crippen LogP contribution in [0.5, 0.6) is 5.75 Å². The molecule has 0 radical (unpaired) electrons. The van der Waals surface area contributed by atoms with Gasteiger partial charge in [-0.05, 0) is 44.0 Å². The molecule has 1 aliphatic heterocycles. The van der Waals surface area contributed by atoms with Crippen LogP contribution in [0.1, 0.15) is 19.8 Å². The second kappa shape index (κ2) is 8.12. The SMILES string of the molecule is CCOC(=O)C1CCN(c2ncc(OC)c(-c3ccc(F)cc3)n2)CC1. The Hall–Kier alpha value is -2.70. The Labute approximate surface area is 152 Å². The molecule has 3 rings (SSSR count). The molecule has 1 saturated heterocycles. The normalized spacial score (nSPS) is 15.0. The average Bonchev–Trinajstić information content (AvgIpc) is 2.68. The summed E-state index contributed by atoms with van der Waals surface area (Å²) in [6.45, 7) is 3.58. The lowest BCUT2D eigenvalue weighted by molar-refractivity contribution is -0.148. The second-order valence-electron chi connectivity index (χ2n) is 6.11. The Morgan fingerprint density at radius 2 is 1.96 bits per heavy atom. The lowest BCUT2D eigenvalue weighted by Gasteiger charge is -2.31. The Morgan fingerprint density at radius 3 is 2.58 bits per heavy atom.